The zero-order valence-electron chi connectivity index (χ0n) is 13.2. The van der Waals surface area contributed by atoms with E-state index in [1.807, 2.05) is 0 Å². The number of nitrogens with zero attached hydrogens (tertiary/aromatic N) is 2. The van der Waals surface area contributed by atoms with Crippen LogP contribution < -0.4 is 5.32 Å². The molecule has 1 saturated heterocycles. The minimum Gasteiger partial charge on any atom is -0.378 e. The third kappa shape index (κ3) is 3.26. The highest BCUT2D eigenvalue weighted by Gasteiger charge is 2.19. The Labute approximate surface area is 138 Å². The number of aromatic nitrogens is 1. The highest BCUT2D eigenvalue weighted by Crippen LogP contribution is 2.25. The Balaban J connectivity index is 2.03. The van der Waals surface area contributed by atoms with E-state index in [2.05, 4.69) is 10.3 Å². The zero-order chi connectivity index (χ0) is 17.1. The summed E-state index contributed by atoms with van der Waals surface area (Å²) >= 11 is 0. The van der Waals surface area contributed by atoms with Crippen LogP contribution in [0.3, 0.4) is 0 Å². The smallest absolute Gasteiger partial charge is 0.254 e. The third-order valence-electron chi connectivity index (χ3n) is 3.81. The van der Waals surface area contributed by atoms with Crippen LogP contribution in [0.15, 0.2) is 24.3 Å². The number of carbonyl (C=O) groups is 3. The molecule has 2 amide bonds. The first-order valence-corrected chi connectivity index (χ1v) is 7.63. The van der Waals surface area contributed by atoms with Crippen molar-refractivity contribution < 1.29 is 19.1 Å². The maximum atomic E-state index is 12.6. The molecule has 1 aliphatic rings. The van der Waals surface area contributed by atoms with Crippen LogP contribution in [0.25, 0.3) is 10.9 Å². The normalized spacial score (nSPS) is 14.5. The molecule has 0 saturated carbocycles. The van der Waals surface area contributed by atoms with E-state index >= 15 is 0 Å². The average Bonchev–Trinajstić information content (AvgIpc) is 2.61. The Hall–Kier alpha value is -2.80. The molecule has 24 heavy (non-hydrogen) atoms. The molecule has 2 heterocycles. The van der Waals surface area contributed by atoms with Crippen LogP contribution in [-0.4, -0.2) is 54.3 Å². The Morgan fingerprint density at radius 3 is 2.67 bits per heavy atom. The van der Waals surface area contributed by atoms with Crippen molar-refractivity contribution in [1.82, 2.24) is 9.88 Å². The Bertz CT molecular complexity index is 813. The van der Waals surface area contributed by atoms with E-state index in [4.69, 9.17) is 4.74 Å². The second-order valence-electron chi connectivity index (χ2n) is 5.53. The number of amides is 2. The predicted octanol–water partition coefficient (Wildman–Crippen LogP) is 1.48. The monoisotopic (exact) mass is 327 g/mol. The fourth-order valence-electron chi connectivity index (χ4n) is 2.68. The number of morpholine rings is 1. The van der Waals surface area contributed by atoms with Gasteiger partial charge in [0.05, 0.1) is 24.4 Å². The van der Waals surface area contributed by atoms with Crippen LogP contribution in [0.2, 0.25) is 0 Å². The molecule has 3 rings (SSSR count). The first kappa shape index (κ1) is 16.1. The van der Waals surface area contributed by atoms with Crippen molar-refractivity contribution in [2.24, 2.45) is 0 Å². The number of aldehydes is 1. The van der Waals surface area contributed by atoms with Gasteiger partial charge in [-0.3, -0.25) is 14.4 Å². The van der Waals surface area contributed by atoms with Gasteiger partial charge in [-0.1, -0.05) is 0 Å². The van der Waals surface area contributed by atoms with E-state index < -0.39 is 0 Å². The van der Waals surface area contributed by atoms with Crippen LogP contribution in [0.5, 0.6) is 0 Å². The van der Waals surface area contributed by atoms with Gasteiger partial charge in [0.25, 0.3) is 5.91 Å². The molecule has 124 valence electrons. The van der Waals surface area contributed by atoms with E-state index in [0.29, 0.717) is 54.7 Å². The largest absolute Gasteiger partial charge is 0.378 e. The number of carbonyl (C=O) groups excluding carboxylic acids is 3. The number of ether oxygens (including phenoxy) is 1. The van der Waals surface area contributed by atoms with Crippen LogP contribution in [0, 0.1) is 0 Å². The van der Waals surface area contributed by atoms with Crippen molar-refractivity contribution in [2.45, 2.75) is 6.92 Å². The Morgan fingerprint density at radius 2 is 2.00 bits per heavy atom. The van der Waals surface area contributed by atoms with Crippen molar-refractivity contribution in [3.8, 4) is 0 Å². The summed E-state index contributed by atoms with van der Waals surface area (Å²) in [6.07, 6.45) is 0.623. The van der Waals surface area contributed by atoms with Crippen molar-refractivity contribution in [1.29, 1.82) is 0 Å². The van der Waals surface area contributed by atoms with Gasteiger partial charge in [-0.2, -0.15) is 0 Å². The summed E-state index contributed by atoms with van der Waals surface area (Å²) in [5, 5.41) is 3.31. The number of benzene rings is 1. The number of pyridine rings is 1. The van der Waals surface area contributed by atoms with Gasteiger partial charge >= 0.3 is 0 Å². The van der Waals surface area contributed by atoms with E-state index in [1.54, 1.807) is 23.1 Å². The van der Waals surface area contributed by atoms with Gasteiger partial charge in [-0.25, -0.2) is 4.98 Å². The summed E-state index contributed by atoms with van der Waals surface area (Å²) in [6, 6.07) is 6.56. The molecule has 2 aromatic rings. The molecule has 7 nitrogen and oxygen atoms in total. The summed E-state index contributed by atoms with van der Waals surface area (Å²) < 4.78 is 5.26. The first-order valence-electron chi connectivity index (χ1n) is 7.63. The molecule has 0 unspecified atom stereocenters. The molecular formula is C17H17N3O4. The molecule has 0 radical (unpaired) electrons. The van der Waals surface area contributed by atoms with Crippen LogP contribution >= 0.6 is 0 Å². The van der Waals surface area contributed by atoms with Crippen LogP contribution in [0.1, 0.15) is 27.8 Å². The lowest BCUT2D eigenvalue weighted by Gasteiger charge is -2.27. The minimum atomic E-state index is -0.260. The zero-order valence-corrected chi connectivity index (χ0v) is 13.2. The number of hydrogen-bond donors (Lipinski definition) is 1. The van der Waals surface area contributed by atoms with Crippen molar-refractivity contribution >= 4 is 34.7 Å². The lowest BCUT2D eigenvalue weighted by Crippen LogP contribution is -2.40. The van der Waals surface area contributed by atoms with Gasteiger partial charge in [0.15, 0.2) is 6.29 Å². The van der Waals surface area contributed by atoms with Crippen molar-refractivity contribution in [3.05, 3.63) is 35.5 Å². The number of nitrogens with one attached hydrogen (secondary N) is 1. The standard InChI is InChI=1S/C17H17N3O4/c1-11(22)18-16-9-13(10-21)19-15-3-2-12(8-14(15)16)17(23)20-4-6-24-7-5-20/h2-3,8-10H,4-7H2,1H3,(H,18,19,22). The molecule has 7 heteroatoms. The molecule has 1 aromatic carbocycles. The Morgan fingerprint density at radius 1 is 1.25 bits per heavy atom. The fourth-order valence-corrected chi connectivity index (χ4v) is 2.68. The molecular weight excluding hydrogens is 310 g/mol. The summed E-state index contributed by atoms with van der Waals surface area (Å²) in [4.78, 5) is 41.0. The summed E-state index contributed by atoms with van der Waals surface area (Å²) in [6.45, 7) is 3.55. The SMILES string of the molecule is CC(=O)Nc1cc(C=O)nc2ccc(C(=O)N3CCOCC3)cc12. The molecule has 1 aliphatic heterocycles. The maximum Gasteiger partial charge on any atom is 0.254 e. The molecule has 0 spiro atoms. The van der Waals surface area contributed by atoms with Gasteiger partial charge < -0.3 is 15.0 Å². The number of rotatable bonds is 3. The lowest BCUT2D eigenvalue weighted by molar-refractivity contribution is -0.114. The topological polar surface area (TPSA) is 88.6 Å². The van der Waals surface area contributed by atoms with Gasteiger partial charge in [0, 0.05) is 31.0 Å². The summed E-state index contributed by atoms with van der Waals surface area (Å²) in [5.74, 6) is -0.349. The highest BCUT2D eigenvalue weighted by atomic mass is 16.5. The van der Waals surface area contributed by atoms with Gasteiger partial charge in [-0.15, -0.1) is 0 Å². The number of fused-ring (bicyclic) bond motifs is 1. The maximum absolute atomic E-state index is 12.6. The second kappa shape index (κ2) is 6.76. The van der Waals surface area contributed by atoms with E-state index in [1.165, 1.54) is 13.0 Å². The predicted molar refractivity (Wildman–Crippen MR) is 88.2 cm³/mol. The van der Waals surface area contributed by atoms with Gasteiger partial charge in [0.1, 0.15) is 5.69 Å². The molecule has 0 atom stereocenters. The fraction of sp³-hybridized carbons (Fsp3) is 0.294. The quantitative estimate of drug-likeness (QED) is 0.863. The molecule has 1 fully saturated rings. The number of hydrogen-bond acceptors (Lipinski definition) is 5. The summed E-state index contributed by atoms with van der Waals surface area (Å²) in [7, 11) is 0. The van der Waals surface area contributed by atoms with Crippen molar-refractivity contribution in [3.63, 3.8) is 0 Å². The second-order valence-corrected chi connectivity index (χ2v) is 5.53. The minimum absolute atomic E-state index is 0.0894. The van der Waals surface area contributed by atoms with E-state index in [9.17, 15) is 14.4 Å². The molecule has 0 bridgehead atoms. The van der Waals surface area contributed by atoms with Crippen LogP contribution in [0.4, 0.5) is 5.69 Å². The van der Waals surface area contributed by atoms with Gasteiger partial charge in [-0.05, 0) is 24.3 Å². The molecule has 1 N–H and O–H groups in total. The van der Waals surface area contributed by atoms with Crippen LogP contribution in [-0.2, 0) is 9.53 Å². The van der Waals surface area contributed by atoms with Gasteiger partial charge in [0.2, 0.25) is 5.91 Å². The molecule has 0 aliphatic carbocycles. The lowest BCUT2D eigenvalue weighted by atomic mass is 10.1. The first-order chi connectivity index (χ1) is 11.6. The van der Waals surface area contributed by atoms with Crippen molar-refractivity contribution in [2.75, 3.05) is 31.6 Å². The Kier molecular flexibility index (Phi) is 4.52. The molecule has 1 aromatic heterocycles. The average molecular weight is 327 g/mol. The highest BCUT2D eigenvalue weighted by molar-refractivity contribution is 6.05. The van der Waals surface area contributed by atoms with E-state index in [-0.39, 0.29) is 17.5 Å². The third-order valence-corrected chi connectivity index (χ3v) is 3.81. The summed E-state index contributed by atoms with van der Waals surface area (Å²) in [5.41, 5.74) is 1.74. The number of anilines is 1. The van der Waals surface area contributed by atoms with E-state index in [0.717, 1.165) is 0 Å².